The Balaban J connectivity index is 2.72. The highest BCUT2D eigenvalue weighted by molar-refractivity contribution is 5.80. The molecule has 0 atom stereocenters. The molecule has 0 amide bonds. The van der Waals surface area contributed by atoms with Crippen molar-refractivity contribution in [3.05, 3.63) is 24.2 Å². The summed E-state index contributed by atoms with van der Waals surface area (Å²) in [6.07, 6.45) is -1.82. The minimum Gasteiger partial charge on any atom is -0.276 e. The summed E-state index contributed by atoms with van der Waals surface area (Å²) in [5, 5.41) is 5.48. The molecule has 3 nitrogen and oxygen atoms in total. The first-order valence-electron chi connectivity index (χ1n) is 3.44. The Morgan fingerprint density at radius 1 is 1.31 bits per heavy atom. The number of halogens is 3. The van der Waals surface area contributed by atoms with Crippen molar-refractivity contribution in [1.82, 2.24) is 15.2 Å². The second kappa shape index (κ2) is 2.45. The summed E-state index contributed by atoms with van der Waals surface area (Å²) < 4.78 is 36.7. The maximum Gasteiger partial charge on any atom is 0.435 e. The number of H-pyrrole nitrogens is 1. The van der Waals surface area contributed by atoms with Gasteiger partial charge in [0.2, 0.25) is 0 Å². The average molecular weight is 187 g/mol. The van der Waals surface area contributed by atoms with E-state index in [9.17, 15) is 13.2 Å². The topological polar surface area (TPSA) is 41.6 Å². The molecule has 2 heterocycles. The van der Waals surface area contributed by atoms with Crippen molar-refractivity contribution in [1.29, 1.82) is 0 Å². The molecule has 0 unspecified atom stereocenters. The number of hydrogen-bond acceptors (Lipinski definition) is 2. The molecule has 0 fully saturated rings. The molecule has 0 saturated carbocycles. The van der Waals surface area contributed by atoms with Gasteiger partial charge in [-0.1, -0.05) is 0 Å². The molecule has 0 saturated heterocycles. The predicted octanol–water partition coefficient (Wildman–Crippen LogP) is 1.98. The van der Waals surface area contributed by atoms with Crippen LogP contribution in [0.2, 0.25) is 0 Å². The highest BCUT2D eigenvalue weighted by Crippen LogP contribution is 2.32. The lowest BCUT2D eigenvalue weighted by Gasteiger charge is -2.00. The standard InChI is InChI=1S/C7H4F3N3/c8-7(9,10)6-4-1-2-11-3-5(4)12-13-6/h1-3H,(H,12,13). The van der Waals surface area contributed by atoms with Gasteiger partial charge < -0.3 is 0 Å². The van der Waals surface area contributed by atoms with Crippen LogP contribution in [0.3, 0.4) is 0 Å². The van der Waals surface area contributed by atoms with Crippen molar-refractivity contribution < 1.29 is 13.2 Å². The fourth-order valence-corrected chi connectivity index (χ4v) is 1.08. The molecule has 0 aromatic carbocycles. The Labute approximate surface area is 70.6 Å². The van der Waals surface area contributed by atoms with Gasteiger partial charge in [0.15, 0.2) is 5.69 Å². The number of aromatic nitrogens is 3. The second-order valence-corrected chi connectivity index (χ2v) is 2.49. The third-order valence-electron chi connectivity index (χ3n) is 1.63. The van der Waals surface area contributed by atoms with Crippen LogP contribution < -0.4 is 0 Å². The highest BCUT2D eigenvalue weighted by atomic mass is 19.4. The van der Waals surface area contributed by atoms with Crippen LogP contribution in [0.25, 0.3) is 10.9 Å². The van der Waals surface area contributed by atoms with E-state index in [1.165, 1.54) is 18.5 Å². The Kier molecular flexibility index (Phi) is 1.51. The maximum absolute atomic E-state index is 12.2. The molecule has 13 heavy (non-hydrogen) atoms. The second-order valence-electron chi connectivity index (χ2n) is 2.49. The van der Waals surface area contributed by atoms with Gasteiger partial charge in [-0.15, -0.1) is 0 Å². The van der Waals surface area contributed by atoms with Crippen molar-refractivity contribution in [3.63, 3.8) is 0 Å². The van der Waals surface area contributed by atoms with Gasteiger partial charge in [0, 0.05) is 11.6 Å². The maximum atomic E-state index is 12.2. The van der Waals surface area contributed by atoms with E-state index in [1.807, 2.05) is 0 Å². The summed E-state index contributed by atoms with van der Waals surface area (Å²) in [6, 6.07) is 1.28. The molecular formula is C7H4F3N3. The van der Waals surface area contributed by atoms with E-state index in [0.717, 1.165) is 0 Å². The van der Waals surface area contributed by atoms with Crippen LogP contribution in [-0.2, 0) is 6.18 Å². The average Bonchev–Trinajstić information content (AvgIpc) is 2.45. The van der Waals surface area contributed by atoms with Crippen molar-refractivity contribution in [3.8, 4) is 0 Å². The summed E-state index contributed by atoms with van der Waals surface area (Å²) in [6.45, 7) is 0. The molecule has 0 radical (unpaired) electrons. The van der Waals surface area contributed by atoms with Crippen LogP contribution in [0.1, 0.15) is 5.69 Å². The number of nitrogens with zero attached hydrogens (tertiary/aromatic N) is 2. The number of alkyl halides is 3. The predicted molar refractivity (Wildman–Crippen MR) is 38.9 cm³/mol. The van der Waals surface area contributed by atoms with Gasteiger partial charge in [0.1, 0.15) is 0 Å². The van der Waals surface area contributed by atoms with Gasteiger partial charge in [-0.2, -0.15) is 18.3 Å². The lowest BCUT2D eigenvalue weighted by molar-refractivity contribution is -0.139. The van der Waals surface area contributed by atoms with Gasteiger partial charge in [0.25, 0.3) is 0 Å². The number of nitrogens with one attached hydrogen (secondary N) is 1. The minimum atomic E-state index is -4.42. The Hall–Kier alpha value is -1.59. The van der Waals surface area contributed by atoms with Crippen LogP contribution in [0.4, 0.5) is 13.2 Å². The molecule has 0 aliphatic carbocycles. The Morgan fingerprint density at radius 3 is 2.77 bits per heavy atom. The van der Waals surface area contributed by atoms with Crippen LogP contribution in [0.15, 0.2) is 18.5 Å². The number of rotatable bonds is 0. The zero-order valence-corrected chi connectivity index (χ0v) is 6.26. The van der Waals surface area contributed by atoms with Crippen LogP contribution in [0, 0.1) is 0 Å². The molecule has 0 spiro atoms. The summed E-state index contributed by atoms with van der Waals surface area (Å²) in [5.74, 6) is 0. The summed E-state index contributed by atoms with van der Waals surface area (Å²) >= 11 is 0. The highest BCUT2D eigenvalue weighted by Gasteiger charge is 2.35. The zero-order chi connectivity index (χ0) is 9.47. The van der Waals surface area contributed by atoms with E-state index >= 15 is 0 Å². The Morgan fingerprint density at radius 2 is 2.08 bits per heavy atom. The normalized spacial score (nSPS) is 12.2. The molecule has 1 N–H and O–H groups in total. The first kappa shape index (κ1) is 8.03. The zero-order valence-electron chi connectivity index (χ0n) is 6.26. The summed E-state index contributed by atoms with van der Waals surface area (Å²) in [5.41, 5.74) is -0.611. The molecule has 0 aliphatic heterocycles. The van der Waals surface area contributed by atoms with Gasteiger partial charge >= 0.3 is 6.18 Å². The van der Waals surface area contributed by atoms with Crippen molar-refractivity contribution >= 4 is 10.9 Å². The monoisotopic (exact) mass is 187 g/mol. The molecule has 0 aliphatic rings. The number of hydrogen-bond donors (Lipinski definition) is 1. The molecule has 2 aromatic heterocycles. The number of fused-ring (bicyclic) bond motifs is 1. The fraction of sp³-hybridized carbons (Fsp3) is 0.143. The fourth-order valence-electron chi connectivity index (χ4n) is 1.08. The lowest BCUT2D eigenvalue weighted by Crippen LogP contribution is -2.05. The van der Waals surface area contributed by atoms with Crippen molar-refractivity contribution in [2.24, 2.45) is 0 Å². The van der Waals surface area contributed by atoms with Crippen molar-refractivity contribution in [2.75, 3.05) is 0 Å². The molecule has 68 valence electrons. The SMILES string of the molecule is FC(F)(F)c1n[nH]c2cnccc12. The van der Waals surface area contributed by atoms with E-state index < -0.39 is 11.9 Å². The largest absolute Gasteiger partial charge is 0.435 e. The Bertz CT molecular complexity index is 432. The van der Waals surface area contributed by atoms with Crippen molar-refractivity contribution in [2.45, 2.75) is 6.18 Å². The quantitative estimate of drug-likeness (QED) is 0.685. The summed E-state index contributed by atoms with van der Waals surface area (Å²) in [4.78, 5) is 3.67. The molecule has 0 bridgehead atoms. The lowest BCUT2D eigenvalue weighted by atomic mass is 10.2. The molecule has 6 heteroatoms. The van der Waals surface area contributed by atoms with Gasteiger partial charge in [-0.25, -0.2) is 0 Å². The van der Waals surface area contributed by atoms with Gasteiger partial charge in [0.05, 0.1) is 11.7 Å². The van der Waals surface area contributed by atoms with Gasteiger partial charge in [-0.05, 0) is 6.07 Å². The van der Waals surface area contributed by atoms with E-state index in [2.05, 4.69) is 15.2 Å². The van der Waals surface area contributed by atoms with Crippen LogP contribution in [0.5, 0.6) is 0 Å². The third kappa shape index (κ3) is 1.24. The number of aromatic amines is 1. The number of pyridine rings is 1. The van der Waals surface area contributed by atoms with Crippen LogP contribution in [-0.4, -0.2) is 15.2 Å². The van der Waals surface area contributed by atoms with Crippen LogP contribution >= 0.6 is 0 Å². The van der Waals surface area contributed by atoms with E-state index in [-0.39, 0.29) is 10.9 Å². The first-order chi connectivity index (χ1) is 6.09. The minimum absolute atomic E-state index is 0.0440. The molecular weight excluding hydrogens is 183 g/mol. The third-order valence-corrected chi connectivity index (χ3v) is 1.63. The molecule has 2 rings (SSSR count). The van der Waals surface area contributed by atoms with E-state index in [0.29, 0.717) is 0 Å². The van der Waals surface area contributed by atoms with E-state index in [4.69, 9.17) is 0 Å². The molecule has 2 aromatic rings. The van der Waals surface area contributed by atoms with Gasteiger partial charge in [-0.3, -0.25) is 10.1 Å². The first-order valence-corrected chi connectivity index (χ1v) is 3.44. The summed E-state index contributed by atoms with van der Waals surface area (Å²) in [7, 11) is 0. The smallest absolute Gasteiger partial charge is 0.276 e. The van der Waals surface area contributed by atoms with E-state index in [1.54, 1.807) is 0 Å².